The molecule has 0 spiro atoms. The van der Waals surface area contributed by atoms with E-state index < -0.39 is 18.3 Å². The smallest absolute Gasteiger partial charge is 0.481 e. The summed E-state index contributed by atoms with van der Waals surface area (Å²) in [6, 6.07) is 3.69. The fraction of sp³-hybridized carbons (Fsp3) is 0.667. The summed E-state index contributed by atoms with van der Waals surface area (Å²) in [4.78, 5) is 4.37. The highest BCUT2D eigenvalue weighted by Crippen LogP contribution is 2.37. The minimum atomic E-state index is -0.495. The van der Waals surface area contributed by atoms with Crippen LogP contribution in [0, 0.1) is 0 Å². The van der Waals surface area contributed by atoms with Crippen molar-refractivity contribution in [1.82, 2.24) is 4.98 Å². The van der Waals surface area contributed by atoms with Gasteiger partial charge >= 0.3 is 7.12 Å². The third-order valence-corrected chi connectivity index (χ3v) is 3.92. The number of pyridine rings is 1. The predicted octanol–water partition coefficient (Wildman–Crippen LogP) is 2.18. The second-order valence-electron chi connectivity index (χ2n) is 6.50. The highest BCUT2D eigenvalue weighted by Gasteiger charge is 2.52. The molecule has 0 amide bonds. The summed E-state index contributed by atoms with van der Waals surface area (Å²) in [6.07, 6.45) is 0.0601. The average Bonchev–Trinajstić information content (AvgIpc) is 2.57. The third-order valence-electron chi connectivity index (χ3n) is 3.92. The van der Waals surface area contributed by atoms with E-state index in [9.17, 15) is 0 Å². The van der Waals surface area contributed by atoms with Gasteiger partial charge in [-0.25, -0.2) is 0 Å². The van der Waals surface area contributed by atoms with Crippen LogP contribution in [0.3, 0.4) is 0 Å². The van der Waals surface area contributed by atoms with E-state index in [2.05, 4.69) is 4.98 Å². The van der Waals surface area contributed by atoms with Crippen molar-refractivity contribution < 1.29 is 18.8 Å². The molecule has 2 heterocycles. The molecule has 0 aromatic carbocycles. The number of aromatic nitrogens is 1. The fourth-order valence-corrected chi connectivity index (χ4v) is 2.05. The number of ether oxygens (including phenoxy) is 2. The first-order valence-corrected chi connectivity index (χ1v) is 7.23. The van der Waals surface area contributed by atoms with Crippen LogP contribution < -0.4 is 14.9 Å². The Labute approximate surface area is 127 Å². The molecule has 2 rings (SSSR count). The van der Waals surface area contributed by atoms with Crippen molar-refractivity contribution in [2.45, 2.75) is 58.8 Å². The molecule has 21 heavy (non-hydrogen) atoms. The monoisotopic (exact) mass is 293 g/mol. The molecule has 1 aliphatic rings. The van der Waals surface area contributed by atoms with E-state index in [0.29, 0.717) is 11.8 Å². The number of nitrogens with zero attached hydrogens (tertiary/aromatic N) is 1. The van der Waals surface area contributed by atoms with E-state index in [1.165, 1.54) is 0 Å². The molecule has 116 valence electrons. The Morgan fingerprint density at radius 3 is 2.14 bits per heavy atom. The van der Waals surface area contributed by atoms with E-state index in [-0.39, 0.29) is 6.10 Å². The normalized spacial score (nSPS) is 19.9. The fourth-order valence-electron chi connectivity index (χ4n) is 2.05. The lowest BCUT2D eigenvalue weighted by atomic mass is 9.80. The first kappa shape index (κ1) is 16.1. The quantitative estimate of drug-likeness (QED) is 0.796. The number of methoxy groups -OCH3 is 1. The Hall–Kier alpha value is -1.27. The van der Waals surface area contributed by atoms with Gasteiger partial charge in [-0.05, 0) is 41.5 Å². The maximum Gasteiger partial charge on any atom is 0.500 e. The van der Waals surface area contributed by atoms with Gasteiger partial charge in [0.1, 0.15) is 0 Å². The Bertz CT molecular complexity index is 500. The van der Waals surface area contributed by atoms with Crippen molar-refractivity contribution in [3.8, 4) is 11.8 Å². The van der Waals surface area contributed by atoms with Gasteiger partial charge in [0.25, 0.3) is 0 Å². The van der Waals surface area contributed by atoms with Crippen LogP contribution in [-0.2, 0) is 9.31 Å². The number of rotatable bonds is 4. The molecule has 0 atom stereocenters. The molecular formula is C15H24BNO4. The van der Waals surface area contributed by atoms with Gasteiger partial charge in [0.05, 0.1) is 24.4 Å². The van der Waals surface area contributed by atoms with E-state index in [1.807, 2.05) is 53.7 Å². The van der Waals surface area contributed by atoms with Crippen molar-refractivity contribution in [2.24, 2.45) is 0 Å². The number of hydrogen-bond acceptors (Lipinski definition) is 5. The van der Waals surface area contributed by atoms with E-state index >= 15 is 0 Å². The third kappa shape index (κ3) is 3.16. The van der Waals surface area contributed by atoms with Gasteiger partial charge in [0.15, 0.2) is 0 Å². The highest BCUT2D eigenvalue weighted by molar-refractivity contribution is 6.63. The van der Waals surface area contributed by atoms with Gasteiger partial charge in [-0.3, -0.25) is 0 Å². The van der Waals surface area contributed by atoms with Crippen LogP contribution in [0.25, 0.3) is 0 Å². The Morgan fingerprint density at radius 2 is 1.67 bits per heavy atom. The maximum absolute atomic E-state index is 6.03. The average molecular weight is 293 g/mol. The molecule has 1 saturated heterocycles. The van der Waals surface area contributed by atoms with Gasteiger partial charge in [0.2, 0.25) is 11.8 Å². The van der Waals surface area contributed by atoms with Crippen LogP contribution in [0.1, 0.15) is 41.5 Å². The predicted molar refractivity (Wildman–Crippen MR) is 82.3 cm³/mol. The summed E-state index contributed by atoms with van der Waals surface area (Å²) in [6.45, 7) is 12.0. The van der Waals surface area contributed by atoms with Crippen molar-refractivity contribution in [3.05, 3.63) is 12.1 Å². The molecular weight excluding hydrogens is 269 g/mol. The van der Waals surface area contributed by atoms with Crippen LogP contribution in [0.15, 0.2) is 12.1 Å². The van der Waals surface area contributed by atoms with Gasteiger partial charge in [-0.2, -0.15) is 4.98 Å². The van der Waals surface area contributed by atoms with Crippen LogP contribution in [0.5, 0.6) is 11.8 Å². The van der Waals surface area contributed by atoms with Crippen LogP contribution >= 0.6 is 0 Å². The standard InChI is InChI=1S/C15H24BNO4/c1-10(2)19-12-9-8-11(13(17-12)18-7)16-20-14(3,4)15(5,6)21-16/h8-10H,1-7H3. The van der Waals surface area contributed by atoms with Gasteiger partial charge in [-0.15, -0.1) is 0 Å². The first-order valence-electron chi connectivity index (χ1n) is 7.23. The Balaban J connectivity index is 2.29. The molecule has 0 saturated carbocycles. The minimum Gasteiger partial charge on any atom is -0.481 e. The second-order valence-corrected chi connectivity index (χ2v) is 6.50. The van der Waals surface area contributed by atoms with Crippen molar-refractivity contribution >= 4 is 12.6 Å². The number of hydrogen-bond donors (Lipinski definition) is 0. The molecule has 1 fully saturated rings. The largest absolute Gasteiger partial charge is 0.500 e. The SMILES string of the molecule is COc1nc(OC(C)C)ccc1B1OC(C)(C)C(C)(C)O1. The van der Waals surface area contributed by atoms with Gasteiger partial charge in [-0.1, -0.05) is 6.07 Å². The van der Waals surface area contributed by atoms with Crippen LogP contribution in [0.4, 0.5) is 0 Å². The lowest BCUT2D eigenvalue weighted by Gasteiger charge is -2.32. The molecule has 1 aromatic heterocycles. The lowest BCUT2D eigenvalue weighted by Crippen LogP contribution is -2.41. The molecule has 6 heteroatoms. The van der Waals surface area contributed by atoms with E-state index in [4.69, 9.17) is 18.8 Å². The zero-order valence-corrected chi connectivity index (χ0v) is 13.9. The highest BCUT2D eigenvalue weighted by atomic mass is 16.7. The summed E-state index contributed by atoms with van der Waals surface area (Å²) in [7, 11) is 1.08. The van der Waals surface area contributed by atoms with Crippen LogP contribution in [0.2, 0.25) is 0 Å². The topological polar surface area (TPSA) is 49.8 Å². The molecule has 5 nitrogen and oxygen atoms in total. The maximum atomic E-state index is 6.03. The van der Waals surface area contributed by atoms with Crippen molar-refractivity contribution in [3.63, 3.8) is 0 Å². The van der Waals surface area contributed by atoms with Gasteiger partial charge in [0, 0.05) is 11.5 Å². The minimum absolute atomic E-state index is 0.0601. The summed E-state index contributed by atoms with van der Waals surface area (Å²) in [5, 5.41) is 0. The summed E-state index contributed by atoms with van der Waals surface area (Å²) < 4.78 is 23.0. The Kier molecular flexibility index (Phi) is 4.22. The van der Waals surface area contributed by atoms with Crippen LogP contribution in [-0.4, -0.2) is 36.5 Å². The van der Waals surface area contributed by atoms with Gasteiger partial charge < -0.3 is 18.8 Å². The summed E-state index contributed by atoms with van der Waals surface area (Å²) in [5.74, 6) is 0.994. The van der Waals surface area contributed by atoms with E-state index in [1.54, 1.807) is 7.11 Å². The molecule has 0 radical (unpaired) electrons. The molecule has 0 unspecified atom stereocenters. The molecule has 1 aliphatic heterocycles. The molecule has 0 aliphatic carbocycles. The first-order chi connectivity index (χ1) is 9.66. The summed E-state index contributed by atoms with van der Waals surface area (Å²) in [5.41, 5.74) is -0.0155. The molecule has 0 bridgehead atoms. The van der Waals surface area contributed by atoms with Crippen molar-refractivity contribution in [2.75, 3.05) is 7.11 Å². The second kappa shape index (κ2) is 5.50. The lowest BCUT2D eigenvalue weighted by molar-refractivity contribution is 0.00578. The zero-order chi connectivity index (χ0) is 15.8. The zero-order valence-electron chi connectivity index (χ0n) is 13.9. The Morgan fingerprint density at radius 1 is 1.10 bits per heavy atom. The van der Waals surface area contributed by atoms with Crippen molar-refractivity contribution in [1.29, 1.82) is 0 Å². The molecule has 0 N–H and O–H groups in total. The summed E-state index contributed by atoms with van der Waals surface area (Å²) >= 11 is 0. The molecule has 1 aromatic rings. The van der Waals surface area contributed by atoms with E-state index in [0.717, 1.165) is 5.46 Å².